The number of hydrogen-bond donors (Lipinski definition) is 0. The maximum Gasteiger partial charge on any atom is 0.243 e. The molecule has 2 heterocycles. The first-order valence-electron chi connectivity index (χ1n) is 7.72. The number of halogens is 1. The lowest BCUT2D eigenvalue weighted by Gasteiger charge is -2.33. The lowest BCUT2D eigenvalue weighted by atomic mass is 10.2. The van der Waals surface area contributed by atoms with E-state index in [2.05, 4.69) is 44.0 Å². The van der Waals surface area contributed by atoms with Gasteiger partial charge in [-0.3, -0.25) is 0 Å². The first kappa shape index (κ1) is 17.8. The van der Waals surface area contributed by atoms with Crippen molar-refractivity contribution in [2.45, 2.75) is 24.7 Å². The predicted octanol–water partition coefficient (Wildman–Crippen LogP) is 2.93. The molecule has 0 spiro atoms. The molecule has 9 heteroatoms. The number of rotatable bonds is 4. The fourth-order valence-electron chi connectivity index (χ4n) is 2.46. The second kappa shape index (κ2) is 7.07. The van der Waals surface area contributed by atoms with Gasteiger partial charge in [0.1, 0.15) is 5.82 Å². The number of piperazine rings is 1. The van der Waals surface area contributed by atoms with Crippen LogP contribution in [0.25, 0.3) is 0 Å². The summed E-state index contributed by atoms with van der Waals surface area (Å²) in [4.78, 5) is 6.99. The smallest absolute Gasteiger partial charge is 0.243 e. The molecule has 6 nitrogen and oxygen atoms in total. The van der Waals surface area contributed by atoms with Crippen LogP contribution in [0.15, 0.2) is 33.6 Å². The van der Waals surface area contributed by atoms with Gasteiger partial charge in [-0.2, -0.15) is 8.68 Å². The molecule has 3 rings (SSSR count). The second-order valence-corrected chi connectivity index (χ2v) is 9.52. The fraction of sp³-hybridized carbons (Fsp3) is 0.467. The third-order valence-corrected chi connectivity index (χ3v) is 7.14. The van der Waals surface area contributed by atoms with E-state index in [1.807, 2.05) is 0 Å². The number of aromatic nitrogens is 2. The van der Waals surface area contributed by atoms with Crippen LogP contribution in [0.5, 0.6) is 0 Å². The van der Waals surface area contributed by atoms with Crippen molar-refractivity contribution < 1.29 is 8.42 Å². The topological polar surface area (TPSA) is 66.4 Å². The molecule has 0 bridgehead atoms. The molecule has 0 N–H and O–H groups in total. The van der Waals surface area contributed by atoms with E-state index in [0.29, 0.717) is 37.0 Å². The maximum atomic E-state index is 12.7. The molecule has 0 atom stereocenters. The van der Waals surface area contributed by atoms with Crippen molar-refractivity contribution in [3.8, 4) is 0 Å². The van der Waals surface area contributed by atoms with Crippen molar-refractivity contribution in [2.24, 2.45) is 0 Å². The molecule has 1 fully saturated rings. The lowest BCUT2D eigenvalue weighted by Crippen LogP contribution is -2.48. The van der Waals surface area contributed by atoms with Crippen molar-refractivity contribution in [1.29, 1.82) is 0 Å². The van der Waals surface area contributed by atoms with Gasteiger partial charge in [-0.05, 0) is 24.3 Å². The van der Waals surface area contributed by atoms with Crippen LogP contribution in [0.3, 0.4) is 0 Å². The van der Waals surface area contributed by atoms with Crippen LogP contribution in [-0.2, 0) is 10.0 Å². The van der Waals surface area contributed by atoms with Crippen molar-refractivity contribution in [1.82, 2.24) is 13.7 Å². The average Bonchev–Trinajstić information content (AvgIpc) is 3.06. The maximum absolute atomic E-state index is 12.7. The second-order valence-electron chi connectivity index (χ2n) is 5.93. The molecule has 1 aromatic carbocycles. The molecule has 2 aromatic rings. The van der Waals surface area contributed by atoms with E-state index in [9.17, 15) is 8.42 Å². The van der Waals surface area contributed by atoms with E-state index < -0.39 is 10.0 Å². The highest BCUT2D eigenvalue weighted by molar-refractivity contribution is 9.10. The summed E-state index contributed by atoms with van der Waals surface area (Å²) in [6, 6.07) is 6.76. The van der Waals surface area contributed by atoms with Gasteiger partial charge in [-0.15, -0.1) is 0 Å². The molecule has 0 unspecified atom stereocenters. The highest BCUT2D eigenvalue weighted by atomic mass is 79.9. The van der Waals surface area contributed by atoms with Gasteiger partial charge in [0.25, 0.3) is 0 Å². The van der Waals surface area contributed by atoms with Crippen LogP contribution in [-0.4, -0.2) is 48.3 Å². The Labute approximate surface area is 154 Å². The zero-order valence-electron chi connectivity index (χ0n) is 13.5. The van der Waals surface area contributed by atoms with Crippen molar-refractivity contribution in [3.05, 3.63) is 34.6 Å². The standard InChI is InChI=1S/C15H19BrN4O2S2/c1-11(2)14-17-15(23-18-14)19-7-9-20(10-8-19)24(21,22)13-5-3-12(16)4-6-13/h3-6,11H,7-10H2,1-2H3. The molecular weight excluding hydrogens is 412 g/mol. The van der Waals surface area contributed by atoms with E-state index in [-0.39, 0.29) is 0 Å². The van der Waals surface area contributed by atoms with Crippen LogP contribution in [0.2, 0.25) is 0 Å². The van der Waals surface area contributed by atoms with Gasteiger partial charge >= 0.3 is 0 Å². The minimum Gasteiger partial charge on any atom is -0.344 e. The van der Waals surface area contributed by atoms with Gasteiger partial charge in [-0.25, -0.2) is 13.4 Å². The van der Waals surface area contributed by atoms with Crippen LogP contribution in [0.4, 0.5) is 5.13 Å². The van der Waals surface area contributed by atoms with Gasteiger partial charge in [0.2, 0.25) is 15.2 Å². The highest BCUT2D eigenvalue weighted by Gasteiger charge is 2.29. The Morgan fingerprint density at radius 3 is 2.29 bits per heavy atom. The predicted molar refractivity (Wildman–Crippen MR) is 99.1 cm³/mol. The van der Waals surface area contributed by atoms with Crippen molar-refractivity contribution in [2.75, 3.05) is 31.1 Å². The quantitative estimate of drug-likeness (QED) is 0.745. The van der Waals surface area contributed by atoms with Crippen molar-refractivity contribution >= 4 is 42.6 Å². The minimum absolute atomic E-state index is 0.300. The Morgan fingerprint density at radius 2 is 1.75 bits per heavy atom. The summed E-state index contributed by atoms with van der Waals surface area (Å²) in [5, 5.41) is 0.874. The number of benzene rings is 1. The average molecular weight is 431 g/mol. The van der Waals surface area contributed by atoms with Crippen molar-refractivity contribution in [3.63, 3.8) is 0 Å². The zero-order chi connectivity index (χ0) is 17.3. The SMILES string of the molecule is CC(C)c1nsc(N2CCN(S(=O)(=O)c3ccc(Br)cc3)CC2)n1. The molecule has 1 aromatic heterocycles. The van der Waals surface area contributed by atoms with Crippen LogP contribution in [0, 0.1) is 0 Å². The van der Waals surface area contributed by atoms with E-state index in [0.717, 1.165) is 15.4 Å². The summed E-state index contributed by atoms with van der Waals surface area (Å²) in [5.41, 5.74) is 0. The molecule has 0 aliphatic carbocycles. The summed E-state index contributed by atoms with van der Waals surface area (Å²) in [6.07, 6.45) is 0. The van der Waals surface area contributed by atoms with E-state index in [1.165, 1.54) is 15.8 Å². The van der Waals surface area contributed by atoms with Gasteiger partial charge in [-0.1, -0.05) is 29.8 Å². The molecular formula is C15H19BrN4O2S2. The van der Waals surface area contributed by atoms with E-state index in [1.54, 1.807) is 24.3 Å². The van der Waals surface area contributed by atoms with Gasteiger partial charge in [0.05, 0.1) is 4.90 Å². The Hall–Kier alpha value is -1.03. The van der Waals surface area contributed by atoms with Crippen LogP contribution < -0.4 is 4.90 Å². The Bertz CT molecular complexity index is 797. The summed E-state index contributed by atoms with van der Waals surface area (Å²) in [5.74, 6) is 1.15. The Kier molecular flexibility index (Phi) is 5.24. The van der Waals surface area contributed by atoms with E-state index >= 15 is 0 Å². The molecule has 24 heavy (non-hydrogen) atoms. The third-order valence-electron chi connectivity index (χ3n) is 3.91. The normalized spacial score (nSPS) is 16.8. The molecule has 0 amide bonds. The molecule has 1 saturated heterocycles. The van der Waals surface area contributed by atoms with Gasteiger partial charge < -0.3 is 4.90 Å². The Morgan fingerprint density at radius 1 is 1.12 bits per heavy atom. The van der Waals surface area contributed by atoms with Gasteiger partial charge in [0.15, 0.2) is 0 Å². The summed E-state index contributed by atoms with van der Waals surface area (Å²) in [7, 11) is -3.44. The zero-order valence-corrected chi connectivity index (χ0v) is 16.7. The molecule has 1 aliphatic heterocycles. The van der Waals surface area contributed by atoms with Gasteiger partial charge in [0, 0.05) is 48.1 Å². The number of hydrogen-bond acceptors (Lipinski definition) is 6. The summed E-state index contributed by atoms with van der Waals surface area (Å²) >= 11 is 4.71. The van der Waals surface area contributed by atoms with Crippen LogP contribution >= 0.6 is 27.5 Å². The summed E-state index contributed by atoms with van der Waals surface area (Å²) < 4.78 is 32.2. The van der Waals surface area contributed by atoms with Crippen LogP contribution in [0.1, 0.15) is 25.6 Å². The number of anilines is 1. The number of sulfonamides is 1. The number of nitrogens with zero attached hydrogens (tertiary/aromatic N) is 4. The Balaban J connectivity index is 1.68. The molecule has 1 aliphatic rings. The summed E-state index contributed by atoms with van der Waals surface area (Å²) in [6.45, 7) is 6.29. The van der Waals surface area contributed by atoms with E-state index in [4.69, 9.17) is 0 Å². The highest BCUT2D eigenvalue weighted by Crippen LogP contribution is 2.25. The molecule has 0 radical (unpaired) electrons. The third kappa shape index (κ3) is 3.63. The first-order valence-corrected chi connectivity index (χ1v) is 10.7. The monoisotopic (exact) mass is 430 g/mol. The molecule has 0 saturated carbocycles. The largest absolute Gasteiger partial charge is 0.344 e. The minimum atomic E-state index is -3.44. The lowest BCUT2D eigenvalue weighted by molar-refractivity contribution is 0.384. The first-order chi connectivity index (χ1) is 11.4. The molecule has 130 valence electrons. The fourth-order valence-corrected chi connectivity index (χ4v) is 5.01.